The Morgan fingerprint density at radius 2 is 1.88 bits per heavy atom. The first-order valence-corrected chi connectivity index (χ1v) is 8.98. The van der Waals surface area contributed by atoms with Gasteiger partial charge in [-0.15, -0.1) is 0 Å². The molecule has 1 saturated heterocycles. The first-order valence-electron chi connectivity index (χ1n) is 8.98. The predicted molar refractivity (Wildman–Crippen MR) is 103 cm³/mol. The fraction of sp³-hybridized carbons (Fsp3) is 0.333. The molecule has 3 aromatic rings. The molecule has 0 radical (unpaired) electrons. The van der Waals surface area contributed by atoms with Crippen LogP contribution in [0.3, 0.4) is 0 Å². The minimum absolute atomic E-state index is 0.0391. The van der Waals surface area contributed by atoms with Gasteiger partial charge in [-0.2, -0.15) is 0 Å². The van der Waals surface area contributed by atoms with Crippen molar-refractivity contribution in [3.63, 3.8) is 0 Å². The average molecular weight is 349 g/mol. The lowest BCUT2D eigenvalue weighted by Gasteiger charge is -2.19. The molecule has 1 aliphatic rings. The van der Waals surface area contributed by atoms with Crippen molar-refractivity contribution < 1.29 is 9.21 Å². The second kappa shape index (κ2) is 6.48. The molecule has 1 aromatic heterocycles. The highest BCUT2D eigenvalue weighted by Crippen LogP contribution is 2.34. The van der Waals surface area contributed by atoms with Gasteiger partial charge in [0.2, 0.25) is 11.8 Å². The van der Waals surface area contributed by atoms with Gasteiger partial charge in [0.25, 0.3) is 0 Å². The van der Waals surface area contributed by atoms with Gasteiger partial charge in [0.15, 0.2) is 5.58 Å². The van der Waals surface area contributed by atoms with E-state index in [0.717, 1.165) is 41.6 Å². The highest BCUT2D eigenvalue weighted by atomic mass is 16.3. The van der Waals surface area contributed by atoms with Gasteiger partial charge < -0.3 is 14.2 Å². The second-order valence-electron chi connectivity index (χ2n) is 7.05. The Balaban J connectivity index is 1.66. The van der Waals surface area contributed by atoms with Gasteiger partial charge in [-0.25, -0.2) is 4.98 Å². The molecule has 0 aliphatic carbocycles. The maximum absolute atomic E-state index is 11.8. The number of benzene rings is 2. The summed E-state index contributed by atoms with van der Waals surface area (Å²) in [6.45, 7) is 2.39. The van der Waals surface area contributed by atoms with E-state index >= 15 is 0 Å². The largest absolute Gasteiger partial charge is 0.438 e. The number of carbonyl (C=O) groups excluding carboxylic acids is 1. The van der Waals surface area contributed by atoms with E-state index < -0.39 is 0 Å². The van der Waals surface area contributed by atoms with Crippen LogP contribution in [0.4, 0.5) is 5.69 Å². The van der Waals surface area contributed by atoms with Crippen LogP contribution < -0.4 is 4.90 Å². The number of aromatic nitrogens is 1. The van der Waals surface area contributed by atoms with Crippen LogP contribution in [-0.2, 0) is 4.79 Å². The van der Waals surface area contributed by atoms with Crippen LogP contribution in [0, 0.1) is 0 Å². The summed E-state index contributed by atoms with van der Waals surface area (Å²) in [7, 11) is 4.07. The average Bonchev–Trinajstić information content (AvgIpc) is 3.27. The van der Waals surface area contributed by atoms with Gasteiger partial charge >= 0.3 is 0 Å². The molecule has 0 N–H and O–H groups in total. The van der Waals surface area contributed by atoms with Crippen molar-refractivity contribution in [1.82, 2.24) is 9.88 Å². The monoisotopic (exact) mass is 349 g/mol. The molecule has 134 valence electrons. The molecule has 0 bridgehead atoms. The molecule has 26 heavy (non-hydrogen) atoms. The number of rotatable bonds is 3. The zero-order valence-corrected chi connectivity index (χ0v) is 15.4. The van der Waals surface area contributed by atoms with E-state index in [1.807, 2.05) is 25.1 Å². The van der Waals surface area contributed by atoms with Crippen molar-refractivity contribution in [3.05, 3.63) is 48.4 Å². The number of oxazole rings is 1. The summed E-state index contributed by atoms with van der Waals surface area (Å²) in [6.07, 6.45) is 1.90. The van der Waals surface area contributed by atoms with Crippen molar-refractivity contribution in [3.8, 4) is 11.1 Å². The van der Waals surface area contributed by atoms with Gasteiger partial charge in [0.05, 0.1) is 0 Å². The van der Waals surface area contributed by atoms with Crippen LogP contribution in [0.15, 0.2) is 46.9 Å². The lowest BCUT2D eigenvalue weighted by molar-refractivity contribution is -0.130. The van der Waals surface area contributed by atoms with E-state index in [1.165, 1.54) is 5.69 Å². The molecule has 4 rings (SSSR count). The molecular weight excluding hydrogens is 326 g/mol. The molecule has 5 nitrogen and oxygen atoms in total. The highest BCUT2D eigenvalue weighted by Gasteiger charge is 2.31. The number of carbonyl (C=O) groups is 1. The van der Waals surface area contributed by atoms with Crippen molar-refractivity contribution >= 4 is 22.7 Å². The minimum Gasteiger partial charge on any atom is -0.438 e. The number of anilines is 1. The standard InChI is InChI=1S/C21H23N3O2/c1-14(25)24-12-4-5-19(24)21-22-18-13-16(8-11-20(18)26-21)15-6-9-17(10-7-15)23(2)3/h6-11,13,19H,4-5,12H2,1-3H3/t19-/m1/s1. The number of likely N-dealkylation sites (tertiary alicyclic amines) is 1. The highest BCUT2D eigenvalue weighted by molar-refractivity contribution is 5.81. The lowest BCUT2D eigenvalue weighted by atomic mass is 10.0. The maximum Gasteiger partial charge on any atom is 0.220 e. The van der Waals surface area contributed by atoms with Crippen molar-refractivity contribution in [2.75, 3.05) is 25.5 Å². The van der Waals surface area contributed by atoms with Gasteiger partial charge in [0, 0.05) is 33.3 Å². The summed E-state index contributed by atoms with van der Waals surface area (Å²) in [5.74, 6) is 0.726. The molecule has 1 aliphatic heterocycles. The Morgan fingerprint density at radius 1 is 1.15 bits per heavy atom. The third-order valence-corrected chi connectivity index (χ3v) is 5.06. The summed E-state index contributed by atoms with van der Waals surface area (Å²) >= 11 is 0. The van der Waals surface area contributed by atoms with Gasteiger partial charge in [-0.05, 0) is 48.2 Å². The predicted octanol–water partition coefficient (Wildman–Crippen LogP) is 4.24. The van der Waals surface area contributed by atoms with Crippen LogP contribution >= 0.6 is 0 Å². The third-order valence-electron chi connectivity index (χ3n) is 5.06. The van der Waals surface area contributed by atoms with E-state index in [0.29, 0.717) is 5.89 Å². The van der Waals surface area contributed by atoms with Gasteiger partial charge in [-0.3, -0.25) is 4.79 Å². The molecule has 2 aromatic carbocycles. The lowest BCUT2D eigenvalue weighted by Crippen LogP contribution is -2.28. The molecular formula is C21H23N3O2. The molecule has 0 spiro atoms. The van der Waals surface area contributed by atoms with Crippen molar-refractivity contribution in [2.24, 2.45) is 0 Å². The first kappa shape index (κ1) is 16.6. The molecule has 1 atom stereocenters. The molecule has 2 heterocycles. The summed E-state index contributed by atoms with van der Waals surface area (Å²) in [5.41, 5.74) is 5.03. The number of hydrogen-bond donors (Lipinski definition) is 0. The Morgan fingerprint density at radius 3 is 2.58 bits per heavy atom. The van der Waals surface area contributed by atoms with Gasteiger partial charge in [0.1, 0.15) is 11.6 Å². The van der Waals surface area contributed by atoms with Crippen LogP contribution in [0.25, 0.3) is 22.2 Å². The smallest absolute Gasteiger partial charge is 0.220 e. The molecule has 1 amide bonds. The number of amides is 1. The number of hydrogen-bond acceptors (Lipinski definition) is 4. The van der Waals surface area contributed by atoms with Crippen LogP contribution in [-0.4, -0.2) is 36.4 Å². The minimum atomic E-state index is -0.0391. The van der Waals surface area contributed by atoms with Gasteiger partial charge in [-0.1, -0.05) is 18.2 Å². The maximum atomic E-state index is 11.8. The zero-order valence-electron chi connectivity index (χ0n) is 15.4. The summed E-state index contributed by atoms with van der Waals surface area (Å²) in [6, 6.07) is 14.5. The Labute approximate surface area is 153 Å². The van der Waals surface area contributed by atoms with E-state index in [-0.39, 0.29) is 11.9 Å². The van der Waals surface area contributed by atoms with Crippen LogP contribution in [0.5, 0.6) is 0 Å². The molecule has 0 unspecified atom stereocenters. The van der Waals surface area contributed by atoms with Crippen molar-refractivity contribution in [2.45, 2.75) is 25.8 Å². The normalized spacial score (nSPS) is 17.0. The summed E-state index contributed by atoms with van der Waals surface area (Å²) < 4.78 is 5.96. The quantitative estimate of drug-likeness (QED) is 0.709. The molecule has 1 fully saturated rings. The Hall–Kier alpha value is -2.82. The van der Waals surface area contributed by atoms with E-state index in [9.17, 15) is 4.79 Å². The van der Waals surface area contributed by atoms with Crippen LogP contribution in [0.1, 0.15) is 31.7 Å². The van der Waals surface area contributed by atoms with Crippen LogP contribution in [0.2, 0.25) is 0 Å². The molecule has 0 saturated carbocycles. The fourth-order valence-corrected chi connectivity index (χ4v) is 3.62. The Bertz CT molecular complexity index is 944. The van der Waals surface area contributed by atoms with Crippen molar-refractivity contribution in [1.29, 1.82) is 0 Å². The number of fused-ring (bicyclic) bond motifs is 1. The van der Waals surface area contributed by atoms with E-state index in [4.69, 9.17) is 9.40 Å². The first-order chi connectivity index (χ1) is 12.5. The topological polar surface area (TPSA) is 49.6 Å². The Kier molecular flexibility index (Phi) is 4.15. The molecule has 5 heteroatoms. The summed E-state index contributed by atoms with van der Waals surface area (Å²) in [4.78, 5) is 20.4. The second-order valence-corrected chi connectivity index (χ2v) is 7.05. The summed E-state index contributed by atoms with van der Waals surface area (Å²) in [5, 5.41) is 0. The third kappa shape index (κ3) is 2.94. The van der Waals surface area contributed by atoms with E-state index in [2.05, 4.69) is 41.3 Å². The SMILES string of the molecule is CC(=O)N1CCC[C@@H]1c1nc2cc(-c3ccc(N(C)C)cc3)ccc2o1. The van der Waals surface area contributed by atoms with E-state index in [1.54, 1.807) is 6.92 Å². The zero-order chi connectivity index (χ0) is 18.3. The number of nitrogens with zero attached hydrogens (tertiary/aromatic N) is 3. The fourth-order valence-electron chi connectivity index (χ4n) is 3.62.